The van der Waals surface area contributed by atoms with E-state index in [2.05, 4.69) is 34.0 Å². The third-order valence-electron chi connectivity index (χ3n) is 6.07. The van der Waals surface area contributed by atoms with Gasteiger partial charge in [-0.05, 0) is 55.5 Å². The van der Waals surface area contributed by atoms with Crippen molar-refractivity contribution in [2.24, 2.45) is 11.7 Å². The van der Waals surface area contributed by atoms with E-state index < -0.39 is 11.4 Å². The number of hydrogen-bond acceptors (Lipinski definition) is 5. The minimum atomic E-state index is -1.23. The van der Waals surface area contributed by atoms with Crippen molar-refractivity contribution in [2.45, 2.75) is 52.2 Å². The van der Waals surface area contributed by atoms with E-state index in [1.165, 1.54) is 0 Å². The molecule has 3 aromatic rings. The molecule has 1 aromatic heterocycles. The number of aryl methyl sites for hydroxylation is 1. The summed E-state index contributed by atoms with van der Waals surface area (Å²) in [6.45, 7) is 7.46. The zero-order valence-electron chi connectivity index (χ0n) is 21.4. The number of ether oxygens (including phenoxy) is 1. The van der Waals surface area contributed by atoms with Crippen molar-refractivity contribution in [1.29, 1.82) is 0 Å². The van der Waals surface area contributed by atoms with Gasteiger partial charge in [0.1, 0.15) is 17.9 Å². The lowest BCUT2D eigenvalue weighted by molar-refractivity contribution is -0.130. The lowest BCUT2D eigenvalue weighted by Gasteiger charge is -2.35. The number of rotatable bonds is 14. The number of hydrogen-bond donors (Lipinski definition) is 3. The maximum Gasteiger partial charge on any atom is 0.244 e. The Kier molecular flexibility index (Phi) is 9.50. The number of H-pyrrole nitrogens is 1. The molecule has 8 heteroatoms. The maximum atomic E-state index is 12.7. The molecule has 0 aliphatic heterocycles. The average Bonchev–Trinajstić information content (AvgIpc) is 3.39. The second-order valence-electron chi connectivity index (χ2n) is 9.69. The number of carbonyl (C=O) groups is 2. The Bertz CT molecular complexity index is 1080. The van der Waals surface area contributed by atoms with Crippen LogP contribution >= 0.6 is 0 Å². The van der Waals surface area contributed by atoms with Gasteiger partial charge >= 0.3 is 0 Å². The van der Waals surface area contributed by atoms with Crippen LogP contribution in [0.3, 0.4) is 0 Å². The first-order valence-electron chi connectivity index (χ1n) is 12.3. The first kappa shape index (κ1) is 26.8. The Labute approximate surface area is 213 Å². The fourth-order valence-corrected chi connectivity index (χ4v) is 3.81. The molecule has 2 aromatic carbocycles. The monoisotopic (exact) mass is 491 g/mol. The van der Waals surface area contributed by atoms with Gasteiger partial charge in [-0.15, -0.1) is 0 Å². The van der Waals surface area contributed by atoms with Crippen LogP contribution in [0.2, 0.25) is 0 Å². The number of nitrogens with two attached hydrogens (primary N) is 1. The average molecular weight is 492 g/mol. The van der Waals surface area contributed by atoms with E-state index in [9.17, 15) is 9.59 Å². The van der Waals surface area contributed by atoms with Gasteiger partial charge in [-0.2, -0.15) is 0 Å². The zero-order valence-corrected chi connectivity index (χ0v) is 21.4. The minimum absolute atomic E-state index is 0.227. The largest absolute Gasteiger partial charge is 0.489 e. The first-order chi connectivity index (χ1) is 17.2. The van der Waals surface area contributed by atoms with Crippen LogP contribution in [0.15, 0.2) is 67.1 Å². The van der Waals surface area contributed by atoms with Crippen LogP contribution < -0.4 is 20.7 Å². The van der Waals surface area contributed by atoms with Crippen molar-refractivity contribution in [2.75, 3.05) is 18.0 Å². The molecular weight excluding hydrogens is 454 g/mol. The molecule has 1 heterocycles. The molecule has 2 amide bonds. The van der Waals surface area contributed by atoms with Crippen LogP contribution in [-0.4, -0.2) is 40.4 Å². The highest BCUT2D eigenvalue weighted by Crippen LogP contribution is 2.23. The highest BCUT2D eigenvalue weighted by Gasteiger charge is 2.35. The molecule has 0 fully saturated rings. The van der Waals surface area contributed by atoms with Crippen molar-refractivity contribution < 1.29 is 14.3 Å². The van der Waals surface area contributed by atoms with E-state index in [0.717, 1.165) is 35.7 Å². The van der Waals surface area contributed by atoms with Gasteiger partial charge in [0, 0.05) is 37.1 Å². The summed E-state index contributed by atoms with van der Waals surface area (Å²) in [5, 5.41) is 2.88. The standard InChI is InChI=1S/C28H37N5O3/c1-21(2)15-16-33(24-10-12-25(13-11-24)36-18-22-7-5-4-6-8-22)19-28(3,27(29)35)32-26(34)14-9-23-17-30-20-31-23/h4-8,10-13,17,20-21H,9,14-16,18-19H2,1-3H3,(H2,29,35)(H,30,31)(H,32,34). The van der Waals surface area contributed by atoms with Gasteiger partial charge in [-0.1, -0.05) is 44.2 Å². The Morgan fingerprint density at radius 1 is 1.14 bits per heavy atom. The second kappa shape index (κ2) is 12.8. The fraction of sp³-hybridized carbons (Fsp3) is 0.393. The van der Waals surface area contributed by atoms with E-state index in [4.69, 9.17) is 10.5 Å². The highest BCUT2D eigenvalue weighted by molar-refractivity contribution is 5.90. The van der Waals surface area contributed by atoms with Crippen molar-refractivity contribution in [3.8, 4) is 5.75 Å². The number of nitrogens with one attached hydrogen (secondary N) is 2. The summed E-state index contributed by atoms with van der Waals surface area (Å²) in [4.78, 5) is 34.2. The lowest BCUT2D eigenvalue weighted by Crippen LogP contribution is -2.61. The molecule has 0 aliphatic carbocycles. The topological polar surface area (TPSA) is 113 Å². The van der Waals surface area contributed by atoms with E-state index in [-0.39, 0.29) is 18.9 Å². The third-order valence-corrected chi connectivity index (χ3v) is 6.07. The molecule has 0 saturated carbocycles. The van der Waals surface area contributed by atoms with E-state index >= 15 is 0 Å². The number of aromatic amines is 1. The van der Waals surface area contributed by atoms with Crippen LogP contribution in [0.25, 0.3) is 0 Å². The number of aromatic nitrogens is 2. The minimum Gasteiger partial charge on any atom is -0.489 e. The Morgan fingerprint density at radius 2 is 1.86 bits per heavy atom. The van der Waals surface area contributed by atoms with Gasteiger partial charge in [0.05, 0.1) is 6.33 Å². The lowest BCUT2D eigenvalue weighted by atomic mass is 9.98. The van der Waals surface area contributed by atoms with E-state index in [1.54, 1.807) is 19.4 Å². The Morgan fingerprint density at radius 3 is 2.47 bits per heavy atom. The van der Waals surface area contributed by atoms with Gasteiger partial charge in [0.15, 0.2) is 0 Å². The summed E-state index contributed by atoms with van der Waals surface area (Å²) in [6.07, 6.45) is 4.91. The predicted molar refractivity (Wildman–Crippen MR) is 142 cm³/mol. The summed E-state index contributed by atoms with van der Waals surface area (Å²) < 4.78 is 5.92. The van der Waals surface area contributed by atoms with Crippen LogP contribution in [0, 0.1) is 5.92 Å². The Balaban J connectivity index is 1.68. The zero-order chi connectivity index (χ0) is 26.0. The molecule has 4 N–H and O–H groups in total. The third kappa shape index (κ3) is 8.15. The number of anilines is 1. The number of carbonyl (C=O) groups excluding carboxylic acids is 2. The predicted octanol–water partition coefficient (Wildman–Crippen LogP) is 3.83. The van der Waals surface area contributed by atoms with Crippen molar-refractivity contribution in [3.63, 3.8) is 0 Å². The van der Waals surface area contributed by atoms with Crippen LogP contribution in [0.1, 0.15) is 44.9 Å². The number of primary amides is 1. The number of amides is 2. The second-order valence-corrected chi connectivity index (χ2v) is 9.69. The summed E-state index contributed by atoms with van der Waals surface area (Å²) in [5.74, 6) is 0.426. The maximum absolute atomic E-state index is 12.7. The first-order valence-corrected chi connectivity index (χ1v) is 12.3. The van der Waals surface area contributed by atoms with Crippen molar-refractivity contribution in [3.05, 3.63) is 78.4 Å². The van der Waals surface area contributed by atoms with Crippen molar-refractivity contribution >= 4 is 17.5 Å². The molecule has 0 radical (unpaired) electrons. The molecular formula is C28H37N5O3. The molecule has 0 spiro atoms. The SMILES string of the molecule is CC(C)CCN(CC(C)(NC(=O)CCc1cnc[nH]1)C(N)=O)c1ccc(OCc2ccccc2)cc1. The smallest absolute Gasteiger partial charge is 0.244 e. The molecule has 3 rings (SSSR count). The summed E-state index contributed by atoms with van der Waals surface area (Å²) in [7, 11) is 0. The van der Waals surface area contributed by atoms with Gasteiger partial charge in [-0.25, -0.2) is 4.98 Å². The summed E-state index contributed by atoms with van der Waals surface area (Å²) >= 11 is 0. The van der Waals surface area contributed by atoms with E-state index in [0.29, 0.717) is 18.9 Å². The normalized spacial score (nSPS) is 12.7. The summed E-state index contributed by atoms with van der Waals surface area (Å²) in [6, 6.07) is 17.8. The fourth-order valence-electron chi connectivity index (χ4n) is 3.81. The van der Waals surface area contributed by atoms with Crippen LogP contribution in [0.4, 0.5) is 5.69 Å². The molecule has 1 unspecified atom stereocenters. The van der Waals surface area contributed by atoms with Gasteiger partial charge in [0.25, 0.3) is 0 Å². The Hall–Kier alpha value is -3.81. The molecule has 8 nitrogen and oxygen atoms in total. The van der Waals surface area contributed by atoms with Gasteiger partial charge in [0.2, 0.25) is 11.8 Å². The van der Waals surface area contributed by atoms with Crippen LogP contribution in [0.5, 0.6) is 5.75 Å². The molecule has 0 bridgehead atoms. The number of benzene rings is 2. The highest BCUT2D eigenvalue weighted by atomic mass is 16.5. The quantitative estimate of drug-likeness (QED) is 0.317. The summed E-state index contributed by atoms with van der Waals surface area (Å²) in [5.41, 5.74) is 7.45. The number of nitrogens with zero attached hydrogens (tertiary/aromatic N) is 2. The number of imidazole rings is 1. The van der Waals surface area contributed by atoms with Gasteiger partial charge < -0.3 is 25.7 Å². The van der Waals surface area contributed by atoms with Crippen molar-refractivity contribution in [1.82, 2.24) is 15.3 Å². The van der Waals surface area contributed by atoms with Crippen LogP contribution in [-0.2, 0) is 22.6 Å². The molecule has 1 atom stereocenters. The molecule has 192 valence electrons. The van der Waals surface area contributed by atoms with E-state index in [1.807, 2.05) is 54.6 Å². The molecule has 0 aliphatic rings. The molecule has 36 heavy (non-hydrogen) atoms. The van der Waals surface area contributed by atoms with Gasteiger partial charge in [-0.3, -0.25) is 9.59 Å². The molecule has 0 saturated heterocycles.